The summed E-state index contributed by atoms with van der Waals surface area (Å²) in [6.07, 6.45) is 1.97. The largest absolute Gasteiger partial charge is 0.309 e. The summed E-state index contributed by atoms with van der Waals surface area (Å²) in [5.41, 5.74) is 1.36. The highest BCUT2D eigenvalue weighted by molar-refractivity contribution is 7.17. The van der Waals surface area contributed by atoms with E-state index < -0.39 is 0 Å². The second-order valence-electron chi connectivity index (χ2n) is 4.03. The van der Waals surface area contributed by atoms with Crippen LogP contribution in [0.4, 0.5) is 0 Å². The van der Waals surface area contributed by atoms with Crippen LogP contribution in [0.2, 0.25) is 0 Å². The minimum Gasteiger partial charge on any atom is -0.309 e. The molecule has 0 saturated heterocycles. The van der Waals surface area contributed by atoms with Crippen molar-refractivity contribution in [2.45, 2.75) is 39.3 Å². The van der Waals surface area contributed by atoms with Gasteiger partial charge in [0, 0.05) is 30.3 Å². The number of thiazole rings is 1. The summed E-state index contributed by atoms with van der Waals surface area (Å²) >= 11 is 1.76. The van der Waals surface area contributed by atoms with E-state index in [9.17, 15) is 0 Å². The highest BCUT2D eigenvalue weighted by Crippen LogP contribution is 2.26. The Hall–Kier alpha value is -0.940. The number of aromatic nitrogens is 3. The highest BCUT2D eigenvalue weighted by Gasteiger charge is 2.21. The molecule has 0 aromatic carbocycles. The molecule has 1 atom stereocenters. The third-order valence-corrected chi connectivity index (χ3v) is 3.91. The van der Waals surface area contributed by atoms with Gasteiger partial charge in [-0.2, -0.15) is 5.10 Å². The van der Waals surface area contributed by atoms with Gasteiger partial charge in [-0.15, -0.1) is 0 Å². The summed E-state index contributed by atoms with van der Waals surface area (Å²) in [5.74, 6) is 0.954. The fourth-order valence-corrected chi connectivity index (χ4v) is 3.04. The van der Waals surface area contributed by atoms with E-state index in [-0.39, 0.29) is 0 Å². The van der Waals surface area contributed by atoms with E-state index in [4.69, 9.17) is 0 Å². The zero-order valence-corrected chi connectivity index (χ0v) is 9.77. The first kappa shape index (κ1) is 9.30. The first-order chi connectivity index (χ1) is 7.28. The van der Waals surface area contributed by atoms with E-state index in [1.54, 1.807) is 11.3 Å². The van der Waals surface area contributed by atoms with Crippen molar-refractivity contribution in [3.05, 3.63) is 16.4 Å². The molecular formula is C10H14N4S. The van der Waals surface area contributed by atoms with Crippen LogP contribution < -0.4 is 5.32 Å². The van der Waals surface area contributed by atoms with Crippen molar-refractivity contribution in [1.29, 1.82) is 0 Å². The van der Waals surface area contributed by atoms with Crippen molar-refractivity contribution in [3.8, 4) is 0 Å². The van der Waals surface area contributed by atoms with E-state index in [1.807, 2.05) is 4.52 Å². The molecule has 3 rings (SSSR count). The average Bonchev–Trinajstić information content (AvgIpc) is 2.75. The molecule has 1 N–H and O–H groups in total. The number of rotatable bonds is 1. The Morgan fingerprint density at radius 1 is 1.60 bits per heavy atom. The molecule has 0 radical (unpaired) electrons. The lowest BCUT2D eigenvalue weighted by molar-refractivity contribution is 0.505. The van der Waals surface area contributed by atoms with Gasteiger partial charge in [0.2, 0.25) is 4.96 Å². The van der Waals surface area contributed by atoms with Crippen molar-refractivity contribution in [2.75, 3.05) is 0 Å². The molecule has 15 heavy (non-hydrogen) atoms. The molecular weight excluding hydrogens is 208 g/mol. The molecule has 0 saturated carbocycles. The van der Waals surface area contributed by atoms with Crippen LogP contribution >= 0.6 is 11.3 Å². The third-order valence-electron chi connectivity index (χ3n) is 2.84. The highest BCUT2D eigenvalue weighted by atomic mass is 32.1. The molecule has 0 fully saturated rings. The number of hydrogen-bond donors (Lipinski definition) is 1. The van der Waals surface area contributed by atoms with Crippen LogP contribution in [0.25, 0.3) is 4.96 Å². The standard InChI is InChI=1S/C10H14N4S/c1-3-9-12-10-14(13-9)7-4-6(2)11-5-8(7)15-10/h6,11H,3-5H2,1-2H3. The number of hydrogen-bond acceptors (Lipinski definition) is 4. The molecule has 3 heterocycles. The first-order valence-corrected chi connectivity index (χ1v) is 6.19. The molecule has 1 aliphatic heterocycles. The van der Waals surface area contributed by atoms with Crippen molar-refractivity contribution in [3.63, 3.8) is 0 Å². The second kappa shape index (κ2) is 3.28. The van der Waals surface area contributed by atoms with Crippen molar-refractivity contribution < 1.29 is 0 Å². The van der Waals surface area contributed by atoms with Gasteiger partial charge in [-0.1, -0.05) is 18.3 Å². The van der Waals surface area contributed by atoms with Crippen LogP contribution in [0.5, 0.6) is 0 Å². The fourth-order valence-electron chi connectivity index (χ4n) is 1.98. The normalized spacial score (nSPS) is 20.8. The van der Waals surface area contributed by atoms with E-state index in [2.05, 4.69) is 29.2 Å². The van der Waals surface area contributed by atoms with Crippen LogP contribution in [0, 0.1) is 0 Å². The zero-order chi connectivity index (χ0) is 10.4. The number of nitrogens with one attached hydrogen (secondary N) is 1. The van der Waals surface area contributed by atoms with Gasteiger partial charge in [0.15, 0.2) is 5.82 Å². The molecule has 1 unspecified atom stereocenters. The Labute approximate surface area is 92.3 Å². The number of nitrogens with zero attached hydrogens (tertiary/aromatic N) is 3. The Bertz CT molecular complexity index is 499. The summed E-state index contributed by atoms with van der Waals surface area (Å²) in [6, 6.07) is 0.546. The van der Waals surface area contributed by atoms with E-state index >= 15 is 0 Å². The molecule has 0 bridgehead atoms. The fraction of sp³-hybridized carbons (Fsp3) is 0.600. The Balaban J connectivity index is 2.16. The van der Waals surface area contributed by atoms with Gasteiger partial charge in [0.25, 0.3) is 0 Å². The Morgan fingerprint density at radius 2 is 2.47 bits per heavy atom. The van der Waals surface area contributed by atoms with Crippen LogP contribution in [0.3, 0.4) is 0 Å². The molecule has 4 nitrogen and oxygen atoms in total. The van der Waals surface area contributed by atoms with Crippen molar-refractivity contribution >= 4 is 16.3 Å². The molecule has 0 amide bonds. The minimum absolute atomic E-state index is 0.546. The predicted molar refractivity (Wildman–Crippen MR) is 60.2 cm³/mol. The maximum absolute atomic E-state index is 4.53. The van der Waals surface area contributed by atoms with E-state index in [1.165, 1.54) is 10.6 Å². The van der Waals surface area contributed by atoms with Gasteiger partial charge in [-0.3, -0.25) is 0 Å². The van der Waals surface area contributed by atoms with Crippen molar-refractivity contribution in [2.24, 2.45) is 0 Å². The topological polar surface area (TPSA) is 42.2 Å². The lowest BCUT2D eigenvalue weighted by Gasteiger charge is -2.19. The summed E-state index contributed by atoms with van der Waals surface area (Å²) < 4.78 is 2.04. The predicted octanol–water partition coefficient (Wildman–Crippen LogP) is 1.39. The lowest BCUT2D eigenvalue weighted by atomic mass is 10.1. The van der Waals surface area contributed by atoms with Crippen LogP contribution in [0.15, 0.2) is 0 Å². The molecule has 1 aliphatic rings. The van der Waals surface area contributed by atoms with E-state index in [0.29, 0.717) is 6.04 Å². The lowest BCUT2D eigenvalue weighted by Crippen LogP contribution is -2.32. The van der Waals surface area contributed by atoms with Crippen LogP contribution in [-0.4, -0.2) is 20.6 Å². The Kier molecular flexibility index (Phi) is 2.03. The molecule has 0 spiro atoms. The summed E-state index contributed by atoms with van der Waals surface area (Å²) in [6.45, 7) is 5.27. The minimum atomic E-state index is 0.546. The average molecular weight is 222 g/mol. The van der Waals surface area contributed by atoms with Crippen molar-refractivity contribution in [1.82, 2.24) is 19.9 Å². The molecule has 2 aromatic heterocycles. The van der Waals surface area contributed by atoms with Gasteiger partial charge in [-0.25, -0.2) is 9.50 Å². The zero-order valence-electron chi connectivity index (χ0n) is 8.95. The van der Waals surface area contributed by atoms with Crippen LogP contribution in [-0.2, 0) is 19.4 Å². The smallest absolute Gasteiger partial charge is 0.212 e. The maximum Gasteiger partial charge on any atom is 0.212 e. The summed E-state index contributed by atoms with van der Waals surface area (Å²) in [7, 11) is 0. The van der Waals surface area contributed by atoms with Gasteiger partial charge in [-0.05, 0) is 6.92 Å². The summed E-state index contributed by atoms with van der Waals surface area (Å²) in [5, 5.41) is 7.99. The van der Waals surface area contributed by atoms with Gasteiger partial charge < -0.3 is 5.32 Å². The van der Waals surface area contributed by atoms with Gasteiger partial charge in [0.1, 0.15) is 0 Å². The quantitative estimate of drug-likeness (QED) is 0.793. The monoisotopic (exact) mass is 222 g/mol. The second-order valence-corrected chi connectivity index (χ2v) is 5.10. The molecule has 2 aromatic rings. The molecule has 5 heteroatoms. The number of fused-ring (bicyclic) bond motifs is 3. The maximum atomic E-state index is 4.53. The SMILES string of the molecule is CCc1nc2sc3c(n2n1)CC(C)NC3. The number of aryl methyl sites for hydroxylation is 1. The van der Waals surface area contributed by atoms with Gasteiger partial charge >= 0.3 is 0 Å². The molecule has 0 aliphatic carbocycles. The van der Waals surface area contributed by atoms with Gasteiger partial charge in [0.05, 0.1) is 5.69 Å². The first-order valence-electron chi connectivity index (χ1n) is 5.37. The summed E-state index contributed by atoms with van der Waals surface area (Å²) in [4.78, 5) is 6.95. The molecule has 80 valence electrons. The third kappa shape index (κ3) is 1.38. The van der Waals surface area contributed by atoms with Crippen LogP contribution in [0.1, 0.15) is 30.2 Å². The Morgan fingerprint density at radius 3 is 3.27 bits per heavy atom. The van der Waals surface area contributed by atoms with E-state index in [0.717, 1.165) is 30.2 Å².